The van der Waals surface area contributed by atoms with Crippen LogP contribution >= 0.6 is 0 Å². The Kier molecular flexibility index (Phi) is 7.70. The summed E-state index contributed by atoms with van der Waals surface area (Å²) in [6.07, 6.45) is 5.60. The minimum Gasteiger partial charge on any atom is -0.387 e. The summed E-state index contributed by atoms with van der Waals surface area (Å²) < 4.78 is 0. The fraction of sp³-hybridized carbons (Fsp3) is 0.625. The SMILES string of the molecule is CCCCCCNC(CC)C(O)c1ccccc1. The van der Waals surface area contributed by atoms with E-state index in [0.717, 1.165) is 18.5 Å². The molecule has 2 heteroatoms. The van der Waals surface area contributed by atoms with Crippen molar-refractivity contribution in [3.8, 4) is 0 Å². The zero-order valence-electron chi connectivity index (χ0n) is 11.7. The summed E-state index contributed by atoms with van der Waals surface area (Å²) in [6.45, 7) is 5.35. The molecule has 1 aromatic carbocycles. The highest BCUT2D eigenvalue weighted by atomic mass is 16.3. The van der Waals surface area contributed by atoms with Gasteiger partial charge in [-0.3, -0.25) is 0 Å². The van der Waals surface area contributed by atoms with Crippen LogP contribution in [0.1, 0.15) is 57.6 Å². The molecule has 0 radical (unpaired) electrons. The Morgan fingerprint density at radius 3 is 2.39 bits per heavy atom. The number of hydrogen-bond acceptors (Lipinski definition) is 2. The number of hydrogen-bond donors (Lipinski definition) is 2. The van der Waals surface area contributed by atoms with Crippen molar-refractivity contribution in [1.29, 1.82) is 0 Å². The molecule has 0 amide bonds. The van der Waals surface area contributed by atoms with Gasteiger partial charge in [0.1, 0.15) is 0 Å². The molecule has 0 heterocycles. The van der Waals surface area contributed by atoms with Gasteiger partial charge in [-0.2, -0.15) is 0 Å². The summed E-state index contributed by atoms with van der Waals surface area (Å²) in [5.41, 5.74) is 1.01. The van der Waals surface area contributed by atoms with Crippen LogP contribution in [0, 0.1) is 0 Å². The first kappa shape index (κ1) is 15.2. The highest BCUT2D eigenvalue weighted by molar-refractivity contribution is 5.18. The van der Waals surface area contributed by atoms with Crippen LogP contribution in [-0.4, -0.2) is 17.7 Å². The Morgan fingerprint density at radius 2 is 1.78 bits per heavy atom. The average Bonchev–Trinajstić information content (AvgIpc) is 2.43. The van der Waals surface area contributed by atoms with E-state index in [9.17, 15) is 5.11 Å². The molecule has 0 saturated heterocycles. The van der Waals surface area contributed by atoms with E-state index < -0.39 is 6.10 Å². The van der Waals surface area contributed by atoms with E-state index in [0.29, 0.717) is 0 Å². The van der Waals surface area contributed by atoms with Gasteiger partial charge >= 0.3 is 0 Å². The Hall–Kier alpha value is -0.860. The summed E-state index contributed by atoms with van der Waals surface area (Å²) >= 11 is 0. The molecule has 0 saturated carbocycles. The second kappa shape index (κ2) is 9.12. The van der Waals surface area contributed by atoms with Crippen molar-refractivity contribution in [2.45, 2.75) is 58.1 Å². The van der Waals surface area contributed by atoms with Gasteiger partial charge in [0, 0.05) is 6.04 Å². The number of nitrogens with one attached hydrogen (secondary N) is 1. The third kappa shape index (κ3) is 5.19. The van der Waals surface area contributed by atoms with Crippen LogP contribution in [0.5, 0.6) is 0 Å². The molecule has 1 aromatic rings. The molecule has 0 aliphatic rings. The fourth-order valence-corrected chi connectivity index (χ4v) is 2.20. The second-order valence-corrected chi connectivity index (χ2v) is 4.89. The van der Waals surface area contributed by atoms with Crippen LogP contribution in [0.25, 0.3) is 0 Å². The van der Waals surface area contributed by atoms with E-state index in [4.69, 9.17) is 0 Å². The molecule has 0 aliphatic heterocycles. The number of benzene rings is 1. The Balaban J connectivity index is 2.36. The molecule has 2 N–H and O–H groups in total. The van der Waals surface area contributed by atoms with Crippen LogP contribution in [0.2, 0.25) is 0 Å². The van der Waals surface area contributed by atoms with Crippen molar-refractivity contribution in [2.75, 3.05) is 6.54 Å². The molecular weight excluding hydrogens is 222 g/mol. The Labute approximate surface area is 111 Å². The van der Waals surface area contributed by atoms with Crippen LogP contribution in [0.15, 0.2) is 30.3 Å². The van der Waals surface area contributed by atoms with Gasteiger partial charge in [-0.15, -0.1) is 0 Å². The molecule has 0 aliphatic carbocycles. The highest BCUT2D eigenvalue weighted by Crippen LogP contribution is 2.18. The van der Waals surface area contributed by atoms with Crippen LogP contribution in [-0.2, 0) is 0 Å². The lowest BCUT2D eigenvalue weighted by molar-refractivity contribution is 0.126. The lowest BCUT2D eigenvalue weighted by atomic mass is 10.00. The maximum atomic E-state index is 10.3. The number of aliphatic hydroxyl groups excluding tert-OH is 1. The zero-order valence-corrected chi connectivity index (χ0v) is 11.7. The summed E-state index contributed by atoms with van der Waals surface area (Å²) in [5.74, 6) is 0. The standard InChI is InChI=1S/C16H27NO/c1-3-5-6-10-13-17-15(4-2)16(18)14-11-8-7-9-12-14/h7-9,11-12,15-18H,3-6,10,13H2,1-2H3. The van der Waals surface area contributed by atoms with Crippen molar-refractivity contribution in [3.63, 3.8) is 0 Å². The van der Waals surface area contributed by atoms with Gasteiger partial charge in [-0.1, -0.05) is 63.4 Å². The Bertz CT molecular complexity index is 299. The van der Waals surface area contributed by atoms with Crippen molar-refractivity contribution >= 4 is 0 Å². The number of aliphatic hydroxyl groups is 1. The van der Waals surface area contributed by atoms with E-state index in [1.54, 1.807) is 0 Å². The summed E-state index contributed by atoms with van der Waals surface area (Å²) in [7, 11) is 0. The maximum Gasteiger partial charge on any atom is 0.0942 e. The lowest BCUT2D eigenvalue weighted by Crippen LogP contribution is -2.35. The van der Waals surface area contributed by atoms with E-state index >= 15 is 0 Å². The second-order valence-electron chi connectivity index (χ2n) is 4.89. The average molecular weight is 249 g/mol. The van der Waals surface area contributed by atoms with E-state index in [2.05, 4.69) is 19.2 Å². The van der Waals surface area contributed by atoms with Gasteiger partial charge in [0.15, 0.2) is 0 Å². The number of rotatable bonds is 9. The van der Waals surface area contributed by atoms with Gasteiger partial charge in [0.05, 0.1) is 6.10 Å². The molecule has 102 valence electrons. The monoisotopic (exact) mass is 249 g/mol. The van der Waals surface area contributed by atoms with Gasteiger partial charge in [-0.25, -0.2) is 0 Å². The molecule has 2 unspecified atom stereocenters. The number of unbranched alkanes of at least 4 members (excludes halogenated alkanes) is 3. The predicted octanol–water partition coefficient (Wildman–Crippen LogP) is 3.67. The van der Waals surface area contributed by atoms with E-state index in [1.807, 2.05) is 30.3 Å². The highest BCUT2D eigenvalue weighted by Gasteiger charge is 2.17. The van der Waals surface area contributed by atoms with E-state index in [-0.39, 0.29) is 6.04 Å². The van der Waals surface area contributed by atoms with Crippen molar-refractivity contribution in [3.05, 3.63) is 35.9 Å². The maximum absolute atomic E-state index is 10.3. The summed E-state index contributed by atoms with van der Waals surface area (Å²) in [4.78, 5) is 0. The topological polar surface area (TPSA) is 32.3 Å². The Morgan fingerprint density at radius 1 is 1.06 bits per heavy atom. The minimum absolute atomic E-state index is 0.161. The third-order valence-electron chi connectivity index (χ3n) is 3.40. The largest absolute Gasteiger partial charge is 0.387 e. The van der Waals surface area contributed by atoms with Crippen molar-refractivity contribution in [1.82, 2.24) is 5.32 Å². The van der Waals surface area contributed by atoms with Crippen LogP contribution in [0.3, 0.4) is 0 Å². The van der Waals surface area contributed by atoms with Gasteiger partial charge < -0.3 is 10.4 Å². The normalized spacial score (nSPS) is 14.4. The molecule has 2 atom stereocenters. The van der Waals surface area contributed by atoms with Crippen LogP contribution in [0.4, 0.5) is 0 Å². The third-order valence-corrected chi connectivity index (χ3v) is 3.40. The molecule has 0 fully saturated rings. The fourth-order valence-electron chi connectivity index (χ4n) is 2.20. The molecule has 0 spiro atoms. The minimum atomic E-state index is -0.401. The molecule has 0 bridgehead atoms. The van der Waals surface area contributed by atoms with Crippen molar-refractivity contribution < 1.29 is 5.11 Å². The summed E-state index contributed by atoms with van der Waals surface area (Å²) in [6, 6.07) is 10.1. The quantitative estimate of drug-likeness (QED) is 0.654. The molecule has 1 rings (SSSR count). The lowest BCUT2D eigenvalue weighted by Gasteiger charge is -2.23. The first-order valence-corrected chi connectivity index (χ1v) is 7.26. The summed E-state index contributed by atoms with van der Waals surface area (Å²) in [5, 5.41) is 13.8. The van der Waals surface area contributed by atoms with Gasteiger partial charge in [0.25, 0.3) is 0 Å². The first-order valence-electron chi connectivity index (χ1n) is 7.26. The van der Waals surface area contributed by atoms with Crippen molar-refractivity contribution in [2.24, 2.45) is 0 Å². The van der Waals surface area contributed by atoms with Gasteiger partial charge in [0.2, 0.25) is 0 Å². The zero-order chi connectivity index (χ0) is 13.2. The first-order chi connectivity index (χ1) is 8.79. The van der Waals surface area contributed by atoms with E-state index in [1.165, 1.54) is 25.7 Å². The molecule has 0 aromatic heterocycles. The molecule has 2 nitrogen and oxygen atoms in total. The molecular formula is C16H27NO. The van der Waals surface area contributed by atoms with Gasteiger partial charge in [-0.05, 0) is 24.9 Å². The predicted molar refractivity (Wildman–Crippen MR) is 77.6 cm³/mol. The van der Waals surface area contributed by atoms with Crippen LogP contribution < -0.4 is 5.32 Å². The molecule has 18 heavy (non-hydrogen) atoms. The smallest absolute Gasteiger partial charge is 0.0942 e.